The number of nitrogens with zero attached hydrogens (tertiary/aromatic N) is 3. The smallest absolute Gasteiger partial charge is 0.334 e. The number of rotatable bonds is 4. The molecule has 2 heterocycles. The van der Waals surface area contributed by atoms with Crippen LogP contribution in [0.25, 0.3) is 0 Å². The summed E-state index contributed by atoms with van der Waals surface area (Å²) < 4.78 is 1.73. The van der Waals surface area contributed by atoms with Gasteiger partial charge in [-0.15, -0.1) is 0 Å². The third kappa shape index (κ3) is 2.76. The Morgan fingerprint density at radius 2 is 2.00 bits per heavy atom. The number of nitro benzene ring substituents is 1. The van der Waals surface area contributed by atoms with Gasteiger partial charge in [-0.2, -0.15) is 5.10 Å². The molecule has 0 amide bonds. The monoisotopic (exact) mass is 382 g/mol. The highest BCUT2D eigenvalue weighted by Crippen LogP contribution is 2.49. The summed E-state index contributed by atoms with van der Waals surface area (Å²) in [4.78, 5) is 23.4. The minimum absolute atomic E-state index is 0.0758. The SMILES string of the molecule is CC1=C(C(=O)O)C(c2ccccc2[N+](=O)[O-])c2c(C3CCCC3)nn(C)c2N1. The fourth-order valence-electron chi connectivity index (χ4n) is 4.59. The number of anilines is 1. The van der Waals surface area contributed by atoms with Crippen molar-refractivity contribution in [2.24, 2.45) is 7.05 Å². The van der Waals surface area contributed by atoms with Gasteiger partial charge in [-0.05, 0) is 19.8 Å². The summed E-state index contributed by atoms with van der Waals surface area (Å²) in [6, 6.07) is 6.39. The zero-order valence-corrected chi connectivity index (χ0v) is 15.8. The molecule has 28 heavy (non-hydrogen) atoms. The Morgan fingerprint density at radius 1 is 1.32 bits per heavy atom. The number of carbonyl (C=O) groups is 1. The fraction of sp³-hybridized carbons (Fsp3) is 0.400. The number of allylic oxidation sites excluding steroid dienone is 1. The topological polar surface area (TPSA) is 110 Å². The standard InChI is InChI=1S/C20H22N4O4/c1-11-15(20(25)26)16(13-9-5-6-10-14(13)24(27)28)17-18(12-7-3-4-8-12)22-23(2)19(17)21-11/h5-6,9-10,12,16,21H,3-4,7-8H2,1-2H3,(H,25,26). The minimum Gasteiger partial charge on any atom is -0.478 e. The number of hydrogen-bond donors (Lipinski definition) is 2. The van der Waals surface area contributed by atoms with E-state index >= 15 is 0 Å². The third-order valence-electron chi connectivity index (χ3n) is 5.82. The summed E-state index contributed by atoms with van der Waals surface area (Å²) in [5.74, 6) is -0.859. The number of para-hydroxylation sites is 1. The number of carboxylic acid groups (broad SMARTS) is 1. The van der Waals surface area contributed by atoms with Gasteiger partial charge in [0, 0.05) is 35.9 Å². The molecule has 1 aromatic carbocycles. The number of fused-ring (bicyclic) bond motifs is 1. The molecule has 8 nitrogen and oxygen atoms in total. The van der Waals surface area contributed by atoms with Crippen molar-refractivity contribution in [3.05, 3.63) is 62.5 Å². The lowest BCUT2D eigenvalue weighted by atomic mass is 9.79. The van der Waals surface area contributed by atoms with Gasteiger partial charge in [0.25, 0.3) is 5.69 Å². The number of aromatic nitrogens is 2. The third-order valence-corrected chi connectivity index (χ3v) is 5.82. The minimum atomic E-state index is -1.08. The van der Waals surface area contributed by atoms with E-state index in [1.807, 2.05) is 7.05 Å². The van der Waals surface area contributed by atoms with Crippen molar-refractivity contribution in [1.29, 1.82) is 0 Å². The van der Waals surface area contributed by atoms with E-state index in [4.69, 9.17) is 5.10 Å². The van der Waals surface area contributed by atoms with Gasteiger partial charge < -0.3 is 10.4 Å². The molecule has 0 saturated heterocycles. The molecule has 8 heteroatoms. The Balaban J connectivity index is 2.01. The van der Waals surface area contributed by atoms with Gasteiger partial charge in [0.15, 0.2) is 0 Å². The molecule has 146 valence electrons. The molecule has 2 aliphatic rings. The van der Waals surface area contributed by atoms with E-state index in [0.29, 0.717) is 17.1 Å². The van der Waals surface area contributed by atoms with E-state index in [9.17, 15) is 20.0 Å². The first-order valence-corrected chi connectivity index (χ1v) is 9.41. The second-order valence-electron chi connectivity index (χ2n) is 7.47. The number of benzene rings is 1. The molecule has 1 unspecified atom stereocenters. The van der Waals surface area contributed by atoms with Crippen molar-refractivity contribution in [1.82, 2.24) is 9.78 Å². The quantitative estimate of drug-likeness (QED) is 0.613. The first-order chi connectivity index (χ1) is 13.4. The molecule has 1 aliphatic carbocycles. The average Bonchev–Trinajstić information content (AvgIpc) is 3.29. The van der Waals surface area contributed by atoms with Gasteiger partial charge in [0.1, 0.15) is 5.82 Å². The molecule has 4 rings (SSSR count). The number of nitrogens with one attached hydrogen (secondary N) is 1. The molecule has 1 fully saturated rings. The molecular formula is C20H22N4O4. The van der Waals surface area contributed by atoms with Crippen LogP contribution in [0.3, 0.4) is 0 Å². The Labute approximate surface area is 162 Å². The summed E-state index contributed by atoms with van der Waals surface area (Å²) >= 11 is 0. The van der Waals surface area contributed by atoms with Gasteiger partial charge in [0.05, 0.1) is 22.1 Å². The van der Waals surface area contributed by atoms with Crippen molar-refractivity contribution in [2.75, 3.05) is 5.32 Å². The number of hydrogen-bond acceptors (Lipinski definition) is 5. The first kappa shape index (κ1) is 18.2. The van der Waals surface area contributed by atoms with Crippen molar-refractivity contribution in [2.45, 2.75) is 44.4 Å². The summed E-state index contributed by atoms with van der Waals surface area (Å²) in [6.07, 6.45) is 4.22. The van der Waals surface area contributed by atoms with Crippen LogP contribution in [-0.4, -0.2) is 25.8 Å². The number of nitro groups is 1. The Bertz CT molecular complexity index is 1000. The zero-order valence-electron chi connectivity index (χ0n) is 15.8. The molecule has 1 saturated carbocycles. The van der Waals surface area contributed by atoms with Gasteiger partial charge >= 0.3 is 5.97 Å². The number of carboxylic acids is 1. The molecule has 0 spiro atoms. The maximum Gasteiger partial charge on any atom is 0.334 e. The molecule has 1 aromatic heterocycles. The van der Waals surface area contributed by atoms with E-state index in [0.717, 1.165) is 36.9 Å². The van der Waals surface area contributed by atoms with E-state index in [1.165, 1.54) is 6.07 Å². The molecule has 1 aliphatic heterocycles. The van der Waals surface area contributed by atoms with Crippen molar-refractivity contribution in [3.63, 3.8) is 0 Å². The lowest BCUT2D eigenvalue weighted by Gasteiger charge is -2.28. The highest BCUT2D eigenvalue weighted by Gasteiger charge is 2.41. The Kier molecular flexibility index (Phi) is 4.41. The molecule has 2 N–H and O–H groups in total. The summed E-state index contributed by atoms with van der Waals surface area (Å²) in [5.41, 5.74) is 2.54. The van der Waals surface area contributed by atoms with Crippen LogP contribution in [0, 0.1) is 10.1 Å². The van der Waals surface area contributed by atoms with E-state index in [2.05, 4.69) is 5.32 Å². The van der Waals surface area contributed by atoms with E-state index in [-0.39, 0.29) is 17.2 Å². The molecule has 1 atom stereocenters. The van der Waals surface area contributed by atoms with Gasteiger partial charge in [0.2, 0.25) is 0 Å². The number of aliphatic carboxylic acids is 1. The normalized spacial score (nSPS) is 19.4. The summed E-state index contributed by atoms with van der Waals surface area (Å²) in [5, 5.41) is 29.5. The van der Waals surface area contributed by atoms with Crippen molar-refractivity contribution < 1.29 is 14.8 Å². The van der Waals surface area contributed by atoms with Gasteiger partial charge in [-0.25, -0.2) is 4.79 Å². The van der Waals surface area contributed by atoms with Gasteiger partial charge in [-0.3, -0.25) is 14.8 Å². The maximum absolute atomic E-state index is 12.2. The van der Waals surface area contributed by atoms with Crippen LogP contribution in [0.2, 0.25) is 0 Å². The predicted octanol–water partition coefficient (Wildman–Crippen LogP) is 3.90. The number of aryl methyl sites for hydroxylation is 1. The van der Waals surface area contributed by atoms with E-state index < -0.39 is 16.8 Å². The van der Waals surface area contributed by atoms with Crippen molar-refractivity contribution >= 4 is 17.5 Å². The summed E-state index contributed by atoms with van der Waals surface area (Å²) in [7, 11) is 1.82. The largest absolute Gasteiger partial charge is 0.478 e. The Hall–Kier alpha value is -3.16. The average molecular weight is 382 g/mol. The van der Waals surface area contributed by atoms with E-state index in [1.54, 1.807) is 29.8 Å². The van der Waals surface area contributed by atoms with Crippen LogP contribution in [0.5, 0.6) is 0 Å². The second kappa shape index (κ2) is 6.78. The lowest BCUT2D eigenvalue weighted by molar-refractivity contribution is -0.385. The van der Waals surface area contributed by atoms with Crippen LogP contribution in [0.15, 0.2) is 35.5 Å². The van der Waals surface area contributed by atoms with Crippen LogP contribution in [-0.2, 0) is 11.8 Å². The van der Waals surface area contributed by atoms with Crippen molar-refractivity contribution in [3.8, 4) is 0 Å². The lowest BCUT2D eigenvalue weighted by Crippen LogP contribution is -2.24. The second-order valence-corrected chi connectivity index (χ2v) is 7.47. The molecule has 2 aromatic rings. The van der Waals surface area contributed by atoms with Crippen LogP contribution < -0.4 is 5.32 Å². The maximum atomic E-state index is 12.2. The van der Waals surface area contributed by atoms with Crippen LogP contribution in [0.1, 0.15) is 61.3 Å². The molecule has 0 bridgehead atoms. The Morgan fingerprint density at radius 3 is 2.64 bits per heavy atom. The highest BCUT2D eigenvalue weighted by molar-refractivity contribution is 5.93. The van der Waals surface area contributed by atoms with Crippen LogP contribution in [0.4, 0.5) is 11.5 Å². The zero-order chi connectivity index (χ0) is 20.0. The first-order valence-electron chi connectivity index (χ1n) is 9.41. The van der Waals surface area contributed by atoms with Crippen LogP contribution >= 0.6 is 0 Å². The molecule has 0 radical (unpaired) electrons. The molecular weight excluding hydrogens is 360 g/mol. The predicted molar refractivity (Wildman–Crippen MR) is 103 cm³/mol. The fourth-order valence-corrected chi connectivity index (χ4v) is 4.59. The highest BCUT2D eigenvalue weighted by atomic mass is 16.6. The van der Waals surface area contributed by atoms with Gasteiger partial charge in [-0.1, -0.05) is 31.0 Å². The summed E-state index contributed by atoms with van der Waals surface area (Å²) in [6.45, 7) is 1.69.